The van der Waals surface area contributed by atoms with Crippen molar-refractivity contribution in [2.24, 2.45) is 4.99 Å². The van der Waals surface area contributed by atoms with Crippen LogP contribution >= 0.6 is 23.2 Å². The molecule has 0 atom stereocenters. The largest absolute Gasteiger partial charge is 0.343 e. The minimum atomic E-state index is 0.629. The van der Waals surface area contributed by atoms with Gasteiger partial charge in [-0.05, 0) is 60.9 Å². The number of aromatic nitrogens is 2. The van der Waals surface area contributed by atoms with Crippen molar-refractivity contribution in [2.45, 2.75) is 19.4 Å². The predicted octanol–water partition coefficient (Wildman–Crippen LogP) is 5.90. The van der Waals surface area contributed by atoms with Crippen LogP contribution in [0.5, 0.6) is 0 Å². The van der Waals surface area contributed by atoms with Crippen LogP contribution in [0.1, 0.15) is 29.7 Å². The van der Waals surface area contributed by atoms with Crippen LogP contribution in [0.25, 0.3) is 6.08 Å². The SMILES string of the molecule is Clc1cccc(Cl)c1Cn1cccc1/C=C1\CCCN=C1c1cccnc1. The van der Waals surface area contributed by atoms with Crippen molar-refractivity contribution in [3.8, 4) is 0 Å². The first kappa shape index (κ1) is 18.0. The number of halogens is 2. The molecule has 136 valence electrons. The smallest absolute Gasteiger partial charge is 0.0694 e. The molecule has 0 bridgehead atoms. The standard InChI is InChI=1S/C22H19Cl2N3/c23-20-8-1-9-21(24)19(20)15-27-12-4-7-18(27)13-16-5-3-11-26-22(16)17-6-2-10-25-14-17/h1-2,4,6-10,12-14H,3,5,11,15H2/b16-13+. The zero-order valence-corrected chi connectivity index (χ0v) is 16.3. The van der Waals surface area contributed by atoms with Crippen molar-refractivity contribution in [1.82, 2.24) is 9.55 Å². The second kappa shape index (κ2) is 8.12. The average Bonchev–Trinajstić information content (AvgIpc) is 3.13. The van der Waals surface area contributed by atoms with Crippen LogP contribution < -0.4 is 0 Å². The Hall–Kier alpha value is -2.36. The number of hydrogen-bond donors (Lipinski definition) is 0. The van der Waals surface area contributed by atoms with Crippen molar-refractivity contribution in [3.05, 3.63) is 93.5 Å². The molecule has 1 aromatic carbocycles. The molecule has 3 aromatic rings. The number of hydrogen-bond acceptors (Lipinski definition) is 2. The third-order valence-corrected chi connectivity index (χ3v) is 5.40. The molecule has 0 unspecified atom stereocenters. The normalized spacial score (nSPS) is 15.8. The molecule has 1 aliphatic heterocycles. The maximum atomic E-state index is 6.35. The molecular formula is C22H19Cl2N3. The highest BCUT2D eigenvalue weighted by Gasteiger charge is 2.15. The van der Waals surface area contributed by atoms with Crippen LogP contribution in [0.15, 0.2) is 71.6 Å². The maximum absolute atomic E-state index is 6.35. The second-order valence-corrected chi connectivity index (χ2v) is 7.32. The summed E-state index contributed by atoms with van der Waals surface area (Å²) in [6.07, 6.45) is 10.00. The summed E-state index contributed by atoms with van der Waals surface area (Å²) in [7, 11) is 0. The van der Waals surface area contributed by atoms with Gasteiger partial charge in [-0.2, -0.15) is 0 Å². The monoisotopic (exact) mass is 395 g/mol. The van der Waals surface area contributed by atoms with Gasteiger partial charge in [-0.15, -0.1) is 0 Å². The second-order valence-electron chi connectivity index (χ2n) is 6.51. The van der Waals surface area contributed by atoms with Crippen LogP contribution in [0.4, 0.5) is 0 Å². The van der Waals surface area contributed by atoms with Crippen LogP contribution in [0.3, 0.4) is 0 Å². The third-order valence-electron chi connectivity index (χ3n) is 4.69. The number of benzene rings is 1. The summed E-state index contributed by atoms with van der Waals surface area (Å²) in [4.78, 5) is 9.00. The molecule has 0 amide bonds. The Morgan fingerprint density at radius 2 is 1.89 bits per heavy atom. The van der Waals surface area contributed by atoms with E-state index >= 15 is 0 Å². The minimum absolute atomic E-state index is 0.629. The van der Waals surface area contributed by atoms with Crippen molar-refractivity contribution in [1.29, 1.82) is 0 Å². The number of rotatable bonds is 4. The Bertz CT molecular complexity index is 983. The molecule has 2 aromatic heterocycles. The first-order valence-electron chi connectivity index (χ1n) is 8.96. The van der Waals surface area contributed by atoms with Gasteiger partial charge in [-0.25, -0.2) is 0 Å². The predicted molar refractivity (Wildman–Crippen MR) is 113 cm³/mol. The third kappa shape index (κ3) is 4.00. The fourth-order valence-corrected chi connectivity index (χ4v) is 3.85. The van der Waals surface area contributed by atoms with Crippen molar-refractivity contribution < 1.29 is 0 Å². The highest BCUT2D eigenvalue weighted by molar-refractivity contribution is 6.36. The Morgan fingerprint density at radius 3 is 2.67 bits per heavy atom. The fraction of sp³-hybridized carbons (Fsp3) is 0.182. The van der Waals surface area contributed by atoms with Gasteiger partial charge in [0.1, 0.15) is 0 Å². The fourth-order valence-electron chi connectivity index (χ4n) is 3.33. The first-order valence-corrected chi connectivity index (χ1v) is 9.72. The van der Waals surface area contributed by atoms with E-state index in [4.69, 9.17) is 28.2 Å². The van der Waals surface area contributed by atoms with Crippen molar-refractivity contribution >= 4 is 35.0 Å². The van der Waals surface area contributed by atoms with E-state index in [1.165, 1.54) is 5.57 Å². The lowest BCUT2D eigenvalue weighted by Gasteiger charge is -2.17. The van der Waals surface area contributed by atoms with Crippen LogP contribution in [0, 0.1) is 0 Å². The van der Waals surface area contributed by atoms with Gasteiger partial charge in [0.25, 0.3) is 0 Å². The summed E-state index contributed by atoms with van der Waals surface area (Å²) >= 11 is 12.7. The lowest BCUT2D eigenvalue weighted by atomic mass is 9.96. The summed E-state index contributed by atoms with van der Waals surface area (Å²) < 4.78 is 2.16. The lowest BCUT2D eigenvalue weighted by molar-refractivity contribution is 0.792. The molecule has 3 nitrogen and oxygen atoms in total. The van der Waals surface area contributed by atoms with Gasteiger partial charge in [0.05, 0.1) is 12.3 Å². The Morgan fingerprint density at radius 1 is 1.04 bits per heavy atom. The zero-order chi connectivity index (χ0) is 18.6. The molecule has 5 heteroatoms. The molecule has 0 saturated heterocycles. The molecule has 1 aliphatic rings. The van der Waals surface area contributed by atoms with E-state index in [1.54, 1.807) is 6.20 Å². The molecule has 0 spiro atoms. The molecule has 27 heavy (non-hydrogen) atoms. The summed E-state index contributed by atoms with van der Waals surface area (Å²) in [5, 5.41) is 1.37. The molecule has 3 heterocycles. The van der Waals surface area contributed by atoms with E-state index in [0.29, 0.717) is 16.6 Å². The van der Waals surface area contributed by atoms with E-state index in [2.05, 4.69) is 34.0 Å². The molecule has 0 aliphatic carbocycles. The Labute approximate surface area is 169 Å². The molecule has 4 rings (SSSR count). The molecule has 0 fully saturated rings. The quantitative estimate of drug-likeness (QED) is 0.540. The Kier molecular flexibility index (Phi) is 5.42. The maximum Gasteiger partial charge on any atom is 0.0694 e. The summed E-state index contributed by atoms with van der Waals surface area (Å²) in [5.41, 5.74) is 5.38. The van der Waals surface area contributed by atoms with Gasteiger partial charge in [-0.3, -0.25) is 9.98 Å². The van der Waals surface area contributed by atoms with E-state index in [0.717, 1.165) is 41.9 Å². The minimum Gasteiger partial charge on any atom is -0.343 e. The average molecular weight is 396 g/mol. The van der Waals surface area contributed by atoms with Crippen LogP contribution in [-0.2, 0) is 6.54 Å². The van der Waals surface area contributed by atoms with E-state index in [1.807, 2.05) is 36.5 Å². The van der Waals surface area contributed by atoms with E-state index < -0.39 is 0 Å². The highest BCUT2D eigenvalue weighted by Crippen LogP contribution is 2.27. The molecule has 0 saturated carbocycles. The Balaban J connectivity index is 1.68. The van der Waals surface area contributed by atoms with Crippen LogP contribution in [-0.4, -0.2) is 21.8 Å². The van der Waals surface area contributed by atoms with Gasteiger partial charge in [0.2, 0.25) is 0 Å². The summed E-state index contributed by atoms with van der Waals surface area (Å²) in [6, 6.07) is 13.8. The summed E-state index contributed by atoms with van der Waals surface area (Å²) in [5.74, 6) is 0. The van der Waals surface area contributed by atoms with Crippen molar-refractivity contribution in [2.75, 3.05) is 6.54 Å². The zero-order valence-electron chi connectivity index (χ0n) is 14.8. The molecular weight excluding hydrogens is 377 g/mol. The number of aliphatic imine (C=N–C) groups is 1. The van der Waals surface area contributed by atoms with Crippen molar-refractivity contribution in [3.63, 3.8) is 0 Å². The summed E-state index contributed by atoms with van der Waals surface area (Å²) in [6.45, 7) is 1.49. The van der Waals surface area contributed by atoms with Gasteiger partial charge >= 0.3 is 0 Å². The highest BCUT2D eigenvalue weighted by atomic mass is 35.5. The van der Waals surface area contributed by atoms with E-state index in [9.17, 15) is 0 Å². The topological polar surface area (TPSA) is 30.2 Å². The first-order chi connectivity index (χ1) is 13.2. The molecule has 0 radical (unpaired) electrons. The van der Waals surface area contributed by atoms with Gasteiger partial charge < -0.3 is 4.57 Å². The number of pyridine rings is 1. The van der Waals surface area contributed by atoms with Gasteiger partial charge in [-0.1, -0.05) is 29.3 Å². The molecule has 0 N–H and O–H groups in total. The lowest BCUT2D eigenvalue weighted by Crippen LogP contribution is -2.12. The van der Waals surface area contributed by atoms with Gasteiger partial charge in [0, 0.05) is 52.0 Å². The van der Waals surface area contributed by atoms with E-state index in [-0.39, 0.29) is 0 Å². The van der Waals surface area contributed by atoms with Gasteiger partial charge in [0.15, 0.2) is 0 Å². The van der Waals surface area contributed by atoms with Crippen LogP contribution in [0.2, 0.25) is 10.0 Å². The number of nitrogens with zero attached hydrogens (tertiary/aromatic N) is 3. The number of allylic oxidation sites excluding steroid dienone is 1.